The summed E-state index contributed by atoms with van der Waals surface area (Å²) in [5.41, 5.74) is 8.35. The minimum Gasteiger partial charge on any atom is -0.252 e. The van der Waals surface area contributed by atoms with Gasteiger partial charge in [0.05, 0.1) is 26.9 Å². The second-order valence-corrected chi connectivity index (χ2v) is 8.74. The van der Waals surface area contributed by atoms with Crippen molar-refractivity contribution >= 4 is 44.2 Å². The predicted octanol–water partition coefficient (Wildman–Crippen LogP) is 6.94. The topological polar surface area (TPSA) is 38.7 Å². The molecule has 0 fully saturated rings. The first-order chi connectivity index (χ1) is 13.4. The van der Waals surface area contributed by atoms with E-state index in [-0.39, 0.29) is 0 Å². The van der Waals surface area contributed by atoms with Gasteiger partial charge in [-0.05, 0) is 62.4 Å². The highest BCUT2D eigenvalue weighted by molar-refractivity contribution is 7.21. The van der Waals surface area contributed by atoms with Crippen LogP contribution in [-0.2, 0) is 12.8 Å². The fourth-order valence-corrected chi connectivity index (χ4v) is 4.68. The van der Waals surface area contributed by atoms with Crippen LogP contribution in [0.3, 0.4) is 0 Å². The molecule has 0 bridgehead atoms. The van der Waals surface area contributed by atoms with Crippen molar-refractivity contribution in [1.29, 1.82) is 0 Å². The van der Waals surface area contributed by atoms with Crippen molar-refractivity contribution in [1.82, 2.24) is 15.0 Å². The number of nitrogens with zero attached hydrogens (tertiary/aromatic N) is 3. The molecule has 0 saturated heterocycles. The third-order valence-corrected chi connectivity index (χ3v) is 6.09. The van der Waals surface area contributed by atoms with Gasteiger partial charge in [0, 0.05) is 16.8 Å². The largest absolute Gasteiger partial charge is 0.252 e. The molecule has 5 heteroatoms. The second kappa shape index (κ2) is 7.61. The van der Waals surface area contributed by atoms with E-state index in [2.05, 4.69) is 49.5 Å². The van der Waals surface area contributed by atoms with E-state index in [0.717, 1.165) is 52.1 Å². The van der Waals surface area contributed by atoms with Crippen LogP contribution in [0.15, 0.2) is 42.6 Å². The highest BCUT2D eigenvalue weighted by Gasteiger charge is 2.15. The molecule has 0 aliphatic carbocycles. The van der Waals surface area contributed by atoms with E-state index in [4.69, 9.17) is 16.6 Å². The zero-order valence-electron chi connectivity index (χ0n) is 16.3. The molecule has 0 aliphatic rings. The van der Waals surface area contributed by atoms with Crippen LogP contribution in [0.2, 0.25) is 5.02 Å². The highest BCUT2D eigenvalue weighted by atomic mass is 35.5. The monoisotopic (exact) mass is 407 g/mol. The van der Waals surface area contributed by atoms with E-state index in [9.17, 15) is 0 Å². The number of benzene rings is 2. The Kier molecular flexibility index (Phi) is 5.17. The molecular weight excluding hydrogens is 386 g/mol. The summed E-state index contributed by atoms with van der Waals surface area (Å²) in [4.78, 5) is 14.3. The first kappa shape index (κ1) is 19.0. The van der Waals surface area contributed by atoms with Gasteiger partial charge >= 0.3 is 0 Å². The third-order valence-electron chi connectivity index (χ3n) is 4.84. The van der Waals surface area contributed by atoms with Gasteiger partial charge in [-0.25, -0.2) is 9.97 Å². The quantitative estimate of drug-likeness (QED) is 0.336. The van der Waals surface area contributed by atoms with E-state index in [1.54, 1.807) is 11.3 Å². The number of aryl methyl sites for hydroxylation is 3. The van der Waals surface area contributed by atoms with Crippen molar-refractivity contribution in [3.63, 3.8) is 0 Å². The Balaban J connectivity index is 1.85. The second-order valence-electron chi connectivity index (χ2n) is 7.27. The Morgan fingerprint density at radius 3 is 2.71 bits per heavy atom. The van der Waals surface area contributed by atoms with Gasteiger partial charge in [-0.3, -0.25) is 4.98 Å². The molecule has 0 unspecified atom stereocenters. The number of hydrogen-bond donors (Lipinski definition) is 0. The van der Waals surface area contributed by atoms with Gasteiger partial charge < -0.3 is 0 Å². The average molecular weight is 408 g/mol. The Morgan fingerprint density at radius 1 is 1.14 bits per heavy atom. The van der Waals surface area contributed by atoms with Crippen LogP contribution in [0.25, 0.3) is 31.8 Å². The fraction of sp³-hybridized carbons (Fsp3) is 0.261. The van der Waals surface area contributed by atoms with Gasteiger partial charge in [0.25, 0.3) is 0 Å². The van der Waals surface area contributed by atoms with Crippen molar-refractivity contribution in [2.75, 3.05) is 0 Å². The molecule has 2 aromatic carbocycles. The predicted molar refractivity (Wildman–Crippen MR) is 120 cm³/mol. The summed E-state index contributed by atoms with van der Waals surface area (Å²) in [6.07, 6.45) is 4.70. The maximum Gasteiger partial charge on any atom is 0.126 e. The van der Waals surface area contributed by atoms with E-state index in [1.165, 1.54) is 21.4 Å². The van der Waals surface area contributed by atoms with E-state index in [1.807, 2.05) is 18.3 Å². The molecule has 2 heterocycles. The molecule has 0 atom stereocenters. The van der Waals surface area contributed by atoms with Gasteiger partial charge in [0.2, 0.25) is 0 Å². The van der Waals surface area contributed by atoms with Crippen LogP contribution in [0.5, 0.6) is 0 Å². The van der Waals surface area contributed by atoms with Crippen molar-refractivity contribution in [2.45, 2.75) is 40.0 Å². The Hall–Kier alpha value is -2.30. The fourth-order valence-electron chi connectivity index (χ4n) is 3.35. The van der Waals surface area contributed by atoms with Crippen molar-refractivity contribution in [3.8, 4) is 10.6 Å². The summed E-state index contributed by atoms with van der Waals surface area (Å²) in [5.74, 6) is 0. The molecule has 4 rings (SSSR count). The number of thiazole rings is 1. The zero-order valence-corrected chi connectivity index (χ0v) is 17.9. The lowest BCUT2D eigenvalue weighted by atomic mass is 10.0. The van der Waals surface area contributed by atoms with Crippen LogP contribution in [-0.4, -0.2) is 15.0 Å². The molecule has 142 valence electrons. The summed E-state index contributed by atoms with van der Waals surface area (Å²) in [7, 11) is 0. The number of halogens is 1. The van der Waals surface area contributed by atoms with Gasteiger partial charge in [-0.2, -0.15) is 0 Å². The van der Waals surface area contributed by atoms with Crippen molar-refractivity contribution in [3.05, 3.63) is 64.5 Å². The van der Waals surface area contributed by atoms with Crippen molar-refractivity contribution < 1.29 is 0 Å². The molecular formula is C23H22ClN3S. The summed E-state index contributed by atoms with van der Waals surface area (Å²) in [6.45, 7) is 10.3. The minimum atomic E-state index is 0.656. The summed E-state index contributed by atoms with van der Waals surface area (Å²) < 4.78 is 1.19. The first-order valence-electron chi connectivity index (χ1n) is 9.44. The Morgan fingerprint density at radius 2 is 1.96 bits per heavy atom. The molecule has 2 aromatic heterocycles. The molecule has 0 N–H and O–H groups in total. The summed E-state index contributed by atoms with van der Waals surface area (Å²) >= 11 is 8.08. The molecule has 0 amide bonds. The number of fused-ring (bicyclic) bond motifs is 2. The normalized spacial score (nSPS) is 11.4. The standard InChI is InChI=1S/C23H22ClN3S/c1-5-17-12-25-22-18(10-16(24)11-19(22)26-17)23-27-21-14(4)8-15(7-6-13(2)3)9-20(21)28-23/h8-12H,2,5-7H2,1,3-4H3. The third kappa shape index (κ3) is 3.67. The lowest BCUT2D eigenvalue weighted by molar-refractivity contribution is 0.946. The van der Waals surface area contributed by atoms with Crippen LogP contribution in [0, 0.1) is 6.92 Å². The smallest absolute Gasteiger partial charge is 0.126 e. The van der Waals surface area contributed by atoms with Crippen molar-refractivity contribution in [2.24, 2.45) is 0 Å². The molecule has 4 aromatic rings. The SMILES string of the molecule is C=C(C)CCc1cc(C)c2nc(-c3cc(Cl)cc4nc(CC)cnc34)sc2c1. The zero-order chi connectivity index (χ0) is 19.8. The molecule has 0 aliphatic heterocycles. The van der Waals surface area contributed by atoms with E-state index in [0.29, 0.717) is 5.02 Å². The minimum absolute atomic E-state index is 0.656. The molecule has 0 radical (unpaired) electrons. The Bertz CT molecular complexity index is 1210. The van der Waals surface area contributed by atoms with Gasteiger partial charge in [0.15, 0.2) is 0 Å². The van der Waals surface area contributed by atoms with Crippen LogP contribution >= 0.6 is 22.9 Å². The maximum atomic E-state index is 6.40. The highest BCUT2D eigenvalue weighted by Crippen LogP contribution is 2.37. The lowest BCUT2D eigenvalue weighted by Crippen LogP contribution is -1.93. The number of allylic oxidation sites excluding steroid dienone is 1. The molecule has 0 saturated carbocycles. The van der Waals surface area contributed by atoms with Crippen LogP contribution < -0.4 is 0 Å². The van der Waals surface area contributed by atoms with Gasteiger partial charge in [0.1, 0.15) is 5.01 Å². The number of aromatic nitrogens is 3. The van der Waals surface area contributed by atoms with Gasteiger partial charge in [-0.15, -0.1) is 17.9 Å². The molecule has 0 spiro atoms. The van der Waals surface area contributed by atoms with E-state index >= 15 is 0 Å². The molecule has 3 nitrogen and oxygen atoms in total. The number of hydrogen-bond acceptors (Lipinski definition) is 4. The first-order valence-corrected chi connectivity index (χ1v) is 10.6. The molecule has 28 heavy (non-hydrogen) atoms. The van der Waals surface area contributed by atoms with Gasteiger partial charge in [-0.1, -0.05) is 30.2 Å². The Labute approximate surface area is 174 Å². The lowest BCUT2D eigenvalue weighted by Gasteiger charge is -2.05. The number of rotatable bonds is 5. The van der Waals surface area contributed by atoms with E-state index < -0.39 is 0 Å². The van der Waals surface area contributed by atoms with Crippen LogP contribution in [0.1, 0.15) is 37.1 Å². The summed E-state index contributed by atoms with van der Waals surface area (Å²) in [6, 6.07) is 8.30. The average Bonchev–Trinajstić information content (AvgIpc) is 3.09. The summed E-state index contributed by atoms with van der Waals surface area (Å²) in [5, 5.41) is 1.59. The maximum absolute atomic E-state index is 6.40. The van der Waals surface area contributed by atoms with Crippen LogP contribution in [0.4, 0.5) is 0 Å².